The van der Waals surface area contributed by atoms with Gasteiger partial charge in [-0.15, -0.1) is 11.3 Å². The summed E-state index contributed by atoms with van der Waals surface area (Å²) in [4.78, 5) is 15.6. The number of amides is 1. The molecule has 1 aromatic carbocycles. The minimum Gasteiger partial charge on any atom is -0.494 e. The van der Waals surface area contributed by atoms with Gasteiger partial charge in [-0.05, 0) is 44.1 Å². The van der Waals surface area contributed by atoms with E-state index in [2.05, 4.69) is 10.2 Å². The summed E-state index contributed by atoms with van der Waals surface area (Å²) < 4.78 is 6.48. The van der Waals surface area contributed by atoms with E-state index >= 15 is 0 Å². The Morgan fingerprint density at radius 3 is 2.75 bits per heavy atom. The van der Waals surface area contributed by atoms with Gasteiger partial charge < -0.3 is 15.0 Å². The Balaban J connectivity index is 1.65. The first-order valence-corrected chi connectivity index (χ1v) is 9.65. The minimum atomic E-state index is -0.0704. The van der Waals surface area contributed by atoms with Gasteiger partial charge in [-0.25, -0.2) is 0 Å². The molecule has 0 saturated carbocycles. The smallest absolute Gasteiger partial charge is 0.265 e. The third kappa shape index (κ3) is 4.02. The molecule has 1 aliphatic rings. The summed E-state index contributed by atoms with van der Waals surface area (Å²) >= 11 is 7.51. The molecule has 4 nitrogen and oxygen atoms in total. The highest BCUT2D eigenvalue weighted by Crippen LogP contribution is 2.38. The summed E-state index contributed by atoms with van der Waals surface area (Å²) in [5.41, 5.74) is 0. The molecule has 1 saturated heterocycles. The number of halogens is 1. The fourth-order valence-electron chi connectivity index (χ4n) is 3.17. The van der Waals surface area contributed by atoms with Crippen LogP contribution >= 0.6 is 22.9 Å². The quantitative estimate of drug-likeness (QED) is 0.863. The molecule has 0 spiro atoms. The zero-order chi connectivity index (χ0) is 16.9. The Morgan fingerprint density at radius 2 is 2.04 bits per heavy atom. The largest absolute Gasteiger partial charge is 0.494 e. The van der Waals surface area contributed by atoms with Crippen molar-refractivity contribution in [1.82, 2.24) is 10.2 Å². The van der Waals surface area contributed by atoms with Crippen LogP contribution in [0.25, 0.3) is 10.1 Å². The van der Waals surface area contributed by atoms with Crippen molar-refractivity contribution in [2.24, 2.45) is 0 Å². The number of nitrogens with zero attached hydrogens (tertiary/aromatic N) is 1. The second-order valence-corrected chi connectivity index (χ2v) is 7.61. The van der Waals surface area contributed by atoms with E-state index in [1.165, 1.54) is 37.0 Å². The predicted molar refractivity (Wildman–Crippen MR) is 101 cm³/mol. The second kappa shape index (κ2) is 8.19. The Kier molecular flexibility index (Phi) is 5.98. The molecule has 6 heteroatoms. The summed E-state index contributed by atoms with van der Waals surface area (Å²) in [6.07, 6.45) is 5.17. The highest BCUT2D eigenvalue weighted by Gasteiger charge is 2.19. The number of carbonyl (C=O) groups is 1. The van der Waals surface area contributed by atoms with Crippen molar-refractivity contribution >= 4 is 38.9 Å². The molecule has 0 unspecified atom stereocenters. The van der Waals surface area contributed by atoms with Gasteiger partial charge in [0.15, 0.2) is 0 Å². The average molecular weight is 367 g/mol. The highest BCUT2D eigenvalue weighted by atomic mass is 35.5. The van der Waals surface area contributed by atoms with Crippen molar-refractivity contribution in [2.45, 2.75) is 25.7 Å². The molecule has 1 N–H and O–H groups in total. The van der Waals surface area contributed by atoms with Gasteiger partial charge in [0.1, 0.15) is 10.6 Å². The topological polar surface area (TPSA) is 41.6 Å². The molecule has 1 fully saturated rings. The highest BCUT2D eigenvalue weighted by molar-refractivity contribution is 7.21. The van der Waals surface area contributed by atoms with Crippen LogP contribution in [0.3, 0.4) is 0 Å². The van der Waals surface area contributed by atoms with Crippen molar-refractivity contribution < 1.29 is 9.53 Å². The number of fused-ring (bicyclic) bond motifs is 1. The van der Waals surface area contributed by atoms with Crippen molar-refractivity contribution in [3.63, 3.8) is 0 Å². The van der Waals surface area contributed by atoms with Gasteiger partial charge in [0.2, 0.25) is 0 Å². The maximum atomic E-state index is 12.6. The molecule has 1 amide bonds. The predicted octanol–water partition coefficient (Wildman–Crippen LogP) is 4.17. The number of benzene rings is 1. The van der Waals surface area contributed by atoms with Crippen molar-refractivity contribution in [3.05, 3.63) is 28.1 Å². The zero-order valence-corrected chi connectivity index (χ0v) is 15.5. The lowest BCUT2D eigenvalue weighted by Gasteiger charge is -2.19. The lowest BCUT2D eigenvalue weighted by Crippen LogP contribution is -2.35. The summed E-state index contributed by atoms with van der Waals surface area (Å²) in [5, 5.41) is 4.57. The molecule has 0 radical (unpaired) electrons. The number of methoxy groups -OCH3 is 1. The summed E-state index contributed by atoms with van der Waals surface area (Å²) in [5.74, 6) is 0.545. The molecule has 0 aliphatic carbocycles. The molecule has 1 aliphatic heterocycles. The van der Waals surface area contributed by atoms with Gasteiger partial charge in [0.25, 0.3) is 5.91 Å². The number of thiophene rings is 1. The molecule has 24 heavy (non-hydrogen) atoms. The maximum Gasteiger partial charge on any atom is 0.265 e. The van der Waals surface area contributed by atoms with Gasteiger partial charge >= 0.3 is 0 Å². The maximum absolute atomic E-state index is 12.6. The van der Waals surface area contributed by atoms with E-state index in [0.29, 0.717) is 22.2 Å². The van der Waals surface area contributed by atoms with Gasteiger partial charge in [-0.1, -0.05) is 24.4 Å². The first-order chi connectivity index (χ1) is 11.7. The fourth-order valence-corrected chi connectivity index (χ4v) is 4.41. The minimum absolute atomic E-state index is 0.0704. The van der Waals surface area contributed by atoms with Crippen LogP contribution in [0.1, 0.15) is 35.4 Å². The number of nitrogens with one attached hydrogen (secondary N) is 1. The molecule has 3 rings (SSSR count). The van der Waals surface area contributed by atoms with Crippen molar-refractivity contribution in [1.29, 1.82) is 0 Å². The fraction of sp³-hybridized carbons (Fsp3) is 0.500. The van der Waals surface area contributed by atoms with E-state index in [4.69, 9.17) is 16.3 Å². The number of hydrogen-bond donors (Lipinski definition) is 1. The molecule has 1 aromatic heterocycles. The Labute approximate surface area is 151 Å². The van der Waals surface area contributed by atoms with E-state index in [9.17, 15) is 4.79 Å². The first-order valence-electron chi connectivity index (χ1n) is 8.45. The monoisotopic (exact) mass is 366 g/mol. The summed E-state index contributed by atoms with van der Waals surface area (Å²) in [7, 11) is 1.59. The van der Waals surface area contributed by atoms with Gasteiger partial charge in [0.05, 0.1) is 7.11 Å². The van der Waals surface area contributed by atoms with Crippen LogP contribution in [0, 0.1) is 0 Å². The van der Waals surface area contributed by atoms with Gasteiger partial charge in [-0.2, -0.15) is 0 Å². The van der Waals surface area contributed by atoms with Crippen LogP contribution in [0.15, 0.2) is 18.2 Å². The van der Waals surface area contributed by atoms with Crippen LogP contribution < -0.4 is 10.1 Å². The van der Waals surface area contributed by atoms with Gasteiger partial charge in [-0.3, -0.25) is 4.79 Å². The number of hydrogen-bond acceptors (Lipinski definition) is 4. The van der Waals surface area contributed by atoms with Crippen LogP contribution in [0.4, 0.5) is 0 Å². The van der Waals surface area contributed by atoms with Crippen LogP contribution in [-0.2, 0) is 0 Å². The SMILES string of the molecule is COc1c(C(=O)NCCN2CCCCCC2)sc2ccc(Cl)cc12. The molecule has 0 bridgehead atoms. The number of ether oxygens (including phenoxy) is 1. The zero-order valence-electron chi connectivity index (χ0n) is 13.9. The van der Waals surface area contributed by atoms with E-state index < -0.39 is 0 Å². The van der Waals surface area contributed by atoms with Crippen molar-refractivity contribution in [2.75, 3.05) is 33.3 Å². The lowest BCUT2D eigenvalue weighted by atomic mass is 10.2. The normalized spacial score (nSPS) is 16.1. The summed E-state index contributed by atoms with van der Waals surface area (Å²) in [6, 6.07) is 5.61. The van der Waals surface area contributed by atoms with Crippen LogP contribution in [-0.4, -0.2) is 44.1 Å². The number of rotatable bonds is 5. The van der Waals surface area contributed by atoms with E-state index in [1.807, 2.05) is 18.2 Å². The number of carbonyl (C=O) groups excluding carboxylic acids is 1. The average Bonchev–Trinajstić information content (AvgIpc) is 2.75. The molecule has 130 valence electrons. The molecular weight excluding hydrogens is 344 g/mol. The Morgan fingerprint density at radius 1 is 1.29 bits per heavy atom. The molecule has 2 heterocycles. The second-order valence-electron chi connectivity index (χ2n) is 6.12. The third-order valence-corrected chi connectivity index (χ3v) is 5.81. The third-order valence-electron chi connectivity index (χ3n) is 4.43. The van der Waals surface area contributed by atoms with E-state index in [0.717, 1.165) is 29.7 Å². The first kappa shape index (κ1) is 17.5. The van der Waals surface area contributed by atoms with E-state index in [1.54, 1.807) is 7.11 Å². The van der Waals surface area contributed by atoms with Gasteiger partial charge in [0, 0.05) is 28.2 Å². The van der Waals surface area contributed by atoms with Crippen molar-refractivity contribution in [3.8, 4) is 5.75 Å². The Hall–Kier alpha value is -1.30. The standard InChI is InChI=1S/C18H23ClN2O2S/c1-23-16-14-12-13(19)6-7-15(14)24-17(16)18(22)20-8-11-21-9-4-2-3-5-10-21/h6-7,12H,2-5,8-11H2,1H3,(H,20,22). The molecule has 2 aromatic rings. The molecular formula is C18H23ClN2O2S. The number of likely N-dealkylation sites (tertiary alicyclic amines) is 1. The van der Waals surface area contributed by atoms with Crippen LogP contribution in [0.2, 0.25) is 5.02 Å². The van der Waals surface area contributed by atoms with Crippen LogP contribution in [0.5, 0.6) is 5.75 Å². The summed E-state index contributed by atoms with van der Waals surface area (Å²) in [6.45, 7) is 3.85. The Bertz CT molecular complexity index is 708. The lowest BCUT2D eigenvalue weighted by molar-refractivity contribution is 0.0950. The van der Waals surface area contributed by atoms with E-state index in [-0.39, 0.29) is 5.91 Å². The molecule has 0 atom stereocenters.